The van der Waals surface area contributed by atoms with Crippen molar-refractivity contribution in [3.05, 3.63) is 127 Å². The predicted molar refractivity (Wildman–Crippen MR) is 292 cm³/mol. The van der Waals surface area contributed by atoms with Gasteiger partial charge in [0.1, 0.15) is 22.7 Å². The smallest absolute Gasteiger partial charge is 0.137 e. The van der Waals surface area contributed by atoms with Gasteiger partial charge in [-0.25, -0.2) is 15.0 Å². The van der Waals surface area contributed by atoms with Gasteiger partial charge in [-0.3, -0.25) is 18.8 Å². The molecule has 8 unspecified atom stereocenters. The van der Waals surface area contributed by atoms with Gasteiger partial charge in [0.25, 0.3) is 0 Å². The van der Waals surface area contributed by atoms with Crippen LogP contribution in [0.2, 0.25) is 0 Å². The van der Waals surface area contributed by atoms with E-state index < -0.39 is 0 Å². The lowest BCUT2D eigenvalue weighted by molar-refractivity contribution is -0.122. The van der Waals surface area contributed by atoms with E-state index in [2.05, 4.69) is 81.6 Å². The fourth-order valence-corrected chi connectivity index (χ4v) is 13.6. The molecule has 0 amide bonds. The molecule has 6 bridgehead atoms. The number of aromatic nitrogens is 12. The molecule has 0 aromatic carbocycles. The summed E-state index contributed by atoms with van der Waals surface area (Å²) < 4.78 is 5.45. The highest BCUT2D eigenvalue weighted by Crippen LogP contribution is 2.45. The molecule has 0 spiro atoms. The maximum atomic E-state index is 11.8. The maximum Gasteiger partial charge on any atom is 0.137 e. The van der Waals surface area contributed by atoms with Crippen LogP contribution in [0.5, 0.6) is 0 Å². The van der Waals surface area contributed by atoms with Crippen molar-refractivity contribution >= 4 is 55.6 Å². The minimum atomic E-state index is -0.121. The zero-order valence-corrected chi connectivity index (χ0v) is 42.8. The molecule has 3 saturated carbocycles. The van der Waals surface area contributed by atoms with Crippen LogP contribution in [-0.4, -0.2) is 87.4 Å². The van der Waals surface area contributed by atoms with Crippen molar-refractivity contribution in [3.8, 4) is 33.4 Å². The molecule has 15 heteroatoms. The van der Waals surface area contributed by atoms with Crippen molar-refractivity contribution < 1.29 is 15.0 Å². The number of carbonyl (C=O) groups excluding carboxylic acids is 1. The summed E-state index contributed by atoms with van der Waals surface area (Å²) in [5, 5.41) is 36.2. The number of carbonyl (C=O) groups is 1. The predicted octanol–water partition coefficient (Wildman–Crippen LogP) is 10.8. The zero-order valence-electron chi connectivity index (χ0n) is 42.8. The molecule has 3 fully saturated rings. The molecule has 0 saturated heterocycles. The minimum Gasteiger partial charge on any atom is -0.393 e. The van der Waals surface area contributed by atoms with Crippen molar-refractivity contribution in [3.63, 3.8) is 0 Å². The Morgan fingerprint density at radius 2 is 0.813 bits per heavy atom. The second-order valence-electron chi connectivity index (χ2n) is 22.6. The summed E-state index contributed by atoms with van der Waals surface area (Å²) in [5.74, 6) is 3.58. The van der Waals surface area contributed by atoms with E-state index in [1.165, 1.54) is 46.3 Å². The number of aryl methyl sites for hydroxylation is 3. The first-order valence-corrected chi connectivity index (χ1v) is 26.9. The number of pyridine rings is 3. The minimum absolute atomic E-state index is 0.121. The molecule has 382 valence electrons. The largest absolute Gasteiger partial charge is 0.393 e. The standard InChI is InChI=1S/2C20H22N4O.C20H20N4O/c3*1-24-11-16(9-23-24)19-10-22-20-18(19)7-15(8-21-20)14-3-12-2-13(4-14)6-17(25)5-12/h2*3,7-13,17,25H,2,4-6H2,1H3,(H,21,22);3,7-13H,2,4-6H2,1H3,(H,21,22). The Bertz CT molecular complexity index is 3550. The van der Waals surface area contributed by atoms with E-state index in [0.717, 1.165) is 124 Å². The van der Waals surface area contributed by atoms with Gasteiger partial charge < -0.3 is 25.2 Å². The molecule has 9 heterocycles. The van der Waals surface area contributed by atoms with Gasteiger partial charge in [0.05, 0.1) is 30.8 Å². The summed E-state index contributed by atoms with van der Waals surface area (Å²) in [6, 6.07) is 6.74. The van der Waals surface area contributed by atoms with Gasteiger partial charge in [-0.1, -0.05) is 18.2 Å². The van der Waals surface area contributed by atoms with Crippen LogP contribution in [0.15, 0.2) is 111 Å². The molecule has 0 radical (unpaired) electrons. The lowest BCUT2D eigenvalue weighted by Crippen LogP contribution is -2.28. The topological polar surface area (TPSA) is 197 Å². The van der Waals surface area contributed by atoms with Gasteiger partial charge in [-0.05, 0) is 151 Å². The van der Waals surface area contributed by atoms with E-state index >= 15 is 0 Å². The summed E-state index contributed by atoms with van der Waals surface area (Å²) in [4.78, 5) is 35.5. The van der Waals surface area contributed by atoms with Crippen LogP contribution >= 0.6 is 0 Å². The van der Waals surface area contributed by atoms with Crippen LogP contribution in [0, 0.1) is 35.5 Å². The molecule has 5 N–H and O–H groups in total. The van der Waals surface area contributed by atoms with Gasteiger partial charge in [-0.2, -0.15) is 15.3 Å². The van der Waals surface area contributed by atoms with Crippen LogP contribution in [0.3, 0.4) is 0 Å². The summed E-state index contributed by atoms with van der Waals surface area (Å²) in [6.45, 7) is 0. The van der Waals surface area contributed by atoms with E-state index in [1.54, 1.807) is 0 Å². The van der Waals surface area contributed by atoms with Gasteiger partial charge in [0, 0.05) is 139 Å². The quantitative estimate of drug-likeness (QED) is 0.108. The normalized spacial score (nSPS) is 25.0. The number of hydrogen-bond acceptors (Lipinski definition) is 9. The lowest BCUT2D eigenvalue weighted by atomic mass is 9.71. The van der Waals surface area contributed by atoms with Gasteiger partial charge >= 0.3 is 0 Å². The average Bonchev–Trinajstić information content (AvgIpc) is 4.28. The first kappa shape index (κ1) is 47.2. The first-order chi connectivity index (χ1) is 36.5. The third-order valence-corrected chi connectivity index (χ3v) is 16.9. The van der Waals surface area contributed by atoms with Crippen LogP contribution < -0.4 is 0 Å². The molecule has 9 aromatic rings. The SMILES string of the molecule is Cn1cc(-c2c[nH]c3ncc(C4=CC5CC(=O)CC(C4)C5)cc23)cn1.Cn1cc(-c2c[nH]c3ncc(C4=CC5CC(O)CC(C4)C5)cc23)cn1.Cn1cc(-c2c[nH]c3ncc(C4=CC5CC(O)CC(C4)C5)cc23)cn1. The number of ketones is 1. The Morgan fingerprint density at radius 3 is 1.17 bits per heavy atom. The number of aliphatic hydroxyl groups is 2. The molecule has 9 aromatic heterocycles. The third-order valence-electron chi connectivity index (χ3n) is 16.9. The van der Waals surface area contributed by atoms with E-state index in [4.69, 9.17) is 0 Å². The third kappa shape index (κ3) is 9.63. The number of nitrogens with zero attached hydrogens (tertiary/aromatic N) is 9. The Morgan fingerprint density at radius 1 is 0.440 bits per heavy atom. The zero-order chi connectivity index (χ0) is 50.9. The second kappa shape index (κ2) is 19.3. The molecular weight excluding hydrogens is 937 g/mol. The molecule has 8 atom stereocenters. The van der Waals surface area contributed by atoms with Crippen LogP contribution in [0.25, 0.3) is 83.2 Å². The monoisotopic (exact) mass is 1000 g/mol. The molecule has 0 aliphatic heterocycles. The number of rotatable bonds is 6. The molecular formula is C60H64N12O3. The number of nitrogens with one attached hydrogen (secondary N) is 3. The highest BCUT2D eigenvalue weighted by atomic mass is 16.3. The van der Waals surface area contributed by atoms with E-state index in [-0.39, 0.29) is 12.2 Å². The number of hydrogen-bond donors (Lipinski definition) is 5. The first-order valence-electron chi connectivity index (χ1n) is 26.9. The second-order valence-corrected chi connectivity index (χ2v) is 22.6. The van der Waals surface area contributed by atoms with Crippen molar-refractivity contribution in [2.75, 3.05) is 0 Å². The molecule has 75 heavy (non-hydrogen) atoms. The van der Waals surface area contributed by atoms with Crippen molar-refractivity contribution in [1.29, 1.82) is 0 Å². The van der Waals surface area contributed by atoms with E-state index in [1.807, 2.05) is 110 Å². The summed E-state index contributed by atoms with van der Waals surface area (Å²) in [5.41, 5.74) is 17.2. The average molecular weight is 1000 g/mol. The van der Waals surface area contributed by atoms with Crippen LogP contribution in [0.4, 0.5) is 0 Å². The Balaban J connectivity index is 0.000000108. The Hall–Kier alpha value is -7.49. The van der Waals surface area contributed by atoms with Gasteiger partial charge in [-0.15, -0.1) is 0 Å². The Kier molecular flexibility index (Phi) is 12.2. The number of aliphatic hydroxyl groups excluding tert-OH is 2. The van der Waals surface area contributed by atoms with Crippen molar-refractivity contribution in [2.45, 2.75) is 89.3 Å². The van der Waals surface area contributed by atoms with E-state index in [0.29, 0.717) is 47.7 Å². The summed E-state index contributed by atoms with van der Waals surface area (Å²) >= 11 is 0. The molecule has 15 nitrogen and oxygen atoms in total. The van der Waals surface area contributed by atoms with Gasteiger partial charge in [0.15, 0.2) is 0 Å². The molecule has 15 rings (SSSR count). The number of H-pyrrole nitrogens is 3. The number of Topliss-reactive ketones (excluding diaryl/α,β-unsaturated/α-hetero) is 1. The van der Waals surface area contributed by atoms with Crippen LogP contribution in [0.1, 0.15) is 93.7 Å². The lowest BCUT2D eigenvalue weighted by Gasteiger charge is -2.36. The Labute approximate surface area is 434 Å². The highest BCUT2D eigenvalue weighted by molar-refractivity contribution is 5.97. The number of allylic oxidation sites excluding steroid dienone is 6. The van der Waals surface area contributed by atoms with Crippen molar-refractivity contribution in [1.82, 2.24) is 59.2 Å². The van der Waals surface area contributed by atoms with Crippen LogP contribution in [-0.2, 0) is 25.9 Å². The summed E-state index contributed by atoms with van der Waals surface area (Å²) in [7, 11) is 5.79. The highest BCUT2D eigenvalue weighted by Gasteiger charge is 2.34. The fraction of sp³-hybridized carbons (Fsp3) is 0.383. The summed E-state index contributed by atoms with van der Waals surface area (Å²) in [6.07, 6.45) is 42.3. The number of fused-ring (bicyclic) bond motifs is 9. The fourth-order valence-electron chi connectivity index (χ4n) is 13.6. The maximum absolute atomic E-state index is 11.8. The molecule has 6 aliphatic carbocycles. The number of aromatic amines is 3. The van der Waals surface area contributed by atoms with Gasteiger partial charge in [0.2, 0.25) is 0 Å². The molecule has 6 aliphatic rings. The van der Waals surface area contributed by atoms with Crippen molar-refractivity contribution in [2.24, 2.45) is 56.7 Å². The van der Waals surface area contributed by atoms with E-state index in [9.17, 15) is 15.0 Å².